The number of piperazine rings is 1. The molecule has 160 valence electrons. The number of ether oxygens (including phenoxy) is 1. The smallest absolute Gasteiger partial charge is 0.255 e. The van der Waals surface area contributed by atoms with Crippen molar-refractivity contribution in [1.29, 1.82) is 0 Å². The first-order valence-electron chi connectivity index (χ1n) is 10.4. The molecule has 0 saturated carbocycles. The summed E-state index contributed by atoms with van der Waals surface area (Å²) in [4.78, 5) is 17.4. The van der Waals surface area contributed by atoms with Crippen molar-refractivity contribution in [3.8, 4) is 5.75 Å². The number of benzene rings is 3. The Labute approximate surface area is 188 Å². The maximum Gasteiger partial charge on any atom is 0.255 e. The average molecular weight is 436 g/mol. The van der Waals surface area contributed by atoms with Crippen molar-refractivity contribution < 1.29 is 9.53 Å². The van der Waals surface area contributed by atoms with Crippen LogP contribution in [0, 0.1) is 0 Å². The van der Waals surface area contributed by atoms with E-state index in [0.717, 1.165) is 38.4 Å². The van der Waals surface area contributed by atoms with Crippen molar-refractivity contribution in [3.63, 3.8) is 0 Å². The Kier molecular flexibility index (Phi) is 6.75. The van der Waals surface area contributed by atoms with Crippen LogP contribution in [-0.2, 0) is 6.54 Å². The second kappa shape index (κ2) is 9.86. The van der Waals surface area contributed by atoms with Gasteiger partial charge in [0.05, 0.1) is 12.1 Å². The molecule has 31 heavy (non-hydrogen) atoms. The number of rotatable bonds is 6. The van der Waals surface area contributed by atoms with Gasteiger partial charge in [-0.3, -0.25) is 9.69 Å². The topological polar surface area (TPSA) is 44.8 Å². The van der Waals surface area contributed by atoms with Crippen molar-refractivity contribution in [2.45, 2.75) is 6.54 Å². The summed E-state index contributed by atoms with van der Waals surface area (Å²) in [5.74, 6) is 0.346. The minimum absolute atomic E-state index is 0.202. The third-order valence-corrected chi connectivity index (χ3v) is 5.82. The number of carbonyl (C=O) groups excluding carboxylic acids is 1. The molecule has 0 aliphatic carbocycles. The normalized spacial score (nSPS) is 14.3. The fourth-order valence-electron chi connectivity index (χ4n) is 3.77. The summed E-state index contributed by atoms with van der Waals surface area (Å²) in [6, 6.07) is 23.6. The molecule has 1 aliphatic rings. The van der Waals surface area contributed by atoms with E-state index in [1.54, 1.807) is 25.3 Å². The van der Waals surface area contributed by atoms with Crippen LogP contribution in [0.15, 0.2) is 72.8 Å². The van der Waals surface area contributed by atoms with Gasteiger partial charge in [-0.05, 0) is 48.0 Å². The number of nitrogens with zero attached hydrogens (tertiary/aromatic N) is 2. The molecule has 1 amide bonds. The average Bonchev–Trinajstić information content (AvgIpc) is 2.81. The van der Waals surface area contributed by atoms with E-state index in [1.165, 1.54) is 11.3 Å². The molecule has 0 radical (unpaired) electrons. The molecule has 0 spiro atoms. The van der Waals surface area contributed by atoms with Crippen LogP contribution in [0.3, 0.4) is 0 Å². The lowest BCUT2D eigenvalue weighted by molar-refractivity contribution is 0.102. The van der Waals surface area contributed by atoms with Gasteiger partial charge in [-0.1, -0.05) is 41.9 Å². The molecule has 0 atom stereocenters. The summed E-state index contributed by atoms with van der Waals surface area (Å²) < 4.78 is 5.13. The lowest BCUT2D eigenvalue weighted by atomic mass is 10.1. The van der Waals surface area contributed by atoms with Crippen LogP contribution in [-0.4, -0.2) is 44.1 Å². The Hall–Kier alpha value is -3.02. The highest BCUT2D eigenvalue weighted by Crippen LogP contribution is 2.26. The van der Waals surface area contributed by atoms with E-state index >= 15 is 0 Å². The molecule has 1 saturated heterocycles. The number of methoxy groups -OCH3 is 1. The number of amides is 1. The van der Waals surface area contributed by atoms with Gasteiger partial charge in [0.2, 0.25) is 0 Å². The largest absolute Gasteiger partial charge is 0.495 e. The molecule has 1 aliphatic heterocycles. The molecule has 0 unspecified atom stereocenters. The zero-order valence-electron chi connectivity index (χ0n) is 17.6. The quantitative estimate of drug-likeness (QED) is 0.596. The molecule has 5 nitrogen and oxygen atoms in total. The highest BCUT2D eigenvalue weighted by atomic mass is 35.5. The van der Waals surface area contributed by atoms with Crippen LogP contribution >= 0.6 is 11.6 Å². The van der Waals surface area contributed by atoms with E-state index in [1.807, 2.05) is 12.1 Å². The summed E-state index contributed by atoms with van der Waals surface area (Å²) in [7, 11) is 1.55. The van der Waals surface area contributed by atoms with Crippen LogP contribution in [0.5, 0.6) is 5.75 Å². The molecule has 3 aromatic rings. The monoisotopic (exact) mass is 435 g/mol. The van der Waals surface area contributed by atoms with Crippen LogP contribution in [0.4, 0.5) is 11.4 Å². The first kappa shape index (κ1) is 21.2. The van der Waals surface area contributed by atoms with Gasteiger partial charge in [0.25, 0.3) is 5.91 Å². The van der Waals surface area contributed by atoms with Crippen molar-refractivity contribution in [2.75, 3.05) is 43.5 Å². The van der Waals surface area contributed by atoms with Gasteiger partial charge in [-0.2, -0.15) is 0 Å². The van der Waals surface area contributed by atoms with Crippen LogP contribution in [0.2, 0.25) is 5.02 Å². The summed E-state index contributed by atoms with van der Waals surface area (Å²) in [5, 5.41) is 3.34. The maximum absolute atomic E-state index is 12.5. The summed E-state index contributed by atoms with van der Waals surface area (Å²) in [6.07, 6.45) is 0. The third kappa shape index (κ3) is 5.37. The van der Waals surface area contributed by atoms with Crippen LogP contribution in [0.1, 0.15) is 15.9 Å². The van der Waals surface area contributed by atoms with Gasteiger partial charge in [-0.25, -0.2) is 0 Å². The molecule has 3 aromatic carbocycles. The van der Waals surface area contributed by atoms with Crippen molar-refractivity contribution in [3.05, 3.63) is 88.9 Å². The molecular formula is C25H26ClN3O2. The van der Waals surface area contributed by atoms with E-state index < -0.39 is 0 Å². The second-order valence-electron chi connectivity index (χ2n) is 7.60. The standard InChI is InChI=1S/C25H26ClN3O2/c1-31-24-12-7-20(17-23(24)26)25(30)27-21-8-10-22(11-9-21)29-15-13-28(14-16-29)18-19-5-3-2-4-6-19/h2-12,17H,13-16,18H2,1H3,(H,27,30). The number of nitrogens with one attached hydrogen (secondary N) is 1. The van der Waals surface area contributed by atoms with E-state index in [9.17, 15) is 4.79 Å². The summed E-state index contributed by atoms with van der Waals surface area (Å²) in [5.41, 5.74) is 3.77. The van der Waals surface area contributed by atoms with Gasteiger partial charge >= 0.3 is 0 Å². The van der Waals surface area contributed by atoms with Crippen molar-refractivity contribution >= 4 is 28.9 Å². The lowest BCUT2D eigenvalue weighted by Gasteiger charge is -2.36. The Morgan fingerprint density at radius 1 is 0.968 bits per heavy atom. The van der Waals surface area contributed by atoms with Crippen molar-refractivity contribution in [1.82, 2.24) is 4.90 Å². The van der Waals surface area contributed by atoms with Crippen LogP contribution in [0.25, 0.3) is 0 Å². The fraction of sp³-hybridized carbons (Fsp3) is 0.240. The Morgan fingerprint density at radius 2 is 1.68 bits per heavy atom. The third-order valence-electron chi connectivity index (χ3n) is 5.53. The number of carbonyl (C=O) groups is 1. The molecule has 4 rings (SSSR count). The minimum atomic E-state index is -0.202. The molecular weight excluding hydrogens is 410 g/mol. The van der Waals surface area contributed by atoms with Gasteiger partial charge in [0.15, 0.2) is 0 Å². The molecule has 0 bridgehead atoms. The van der Waals surface area contributed by atoms with Crippen LogP contribution < -0.4 is 15.0 Å². The number of hydrogen-bond donors (Lipinski definition) is 1. The maximum atomic E-state index is 12.5. The molecule has 1 N–H and O–H groups in total. The van der Waals surface area contributed by atoms with Gasteiger partial charge in [-0.15, -0.1) is 0 Å². The predicted molar refractivity (Wildman–Crippen MR) is 126 cm³/mol. The Bertz CT molecular complexity index is 1020. The van der Waals surface area contributed by atoms with E-state index in [2.05, 4.69) is 57.6 Å². The fourth-order valence-corrected chi connectivity index (χ4v) is 4.03. The lowest BCUT2D eigenvalue weighted by Crippen LogP contribution is -2.45. The predicted octanol–water partition coefficient (Wildman–Crippen LogP) is 4.92. The number of anilines is 2. The van der Waals surface area contributed by atoms with E-state index in [0.29, 0.717) is 16.3 Å². The molecule has 1 heterocycles. The Morgan fingerprint density at radius 3 is 2.32 bits per heavy atom. The SMILES string of the molecule is COc1ccc(C(=O)Nc2ccc(N3CCN(Cc4ccccc4)CC3)cc2)cc1Cl. The summed E-state index contributed by atoms with van der Waals surface area (Å²) >= 11 is 6.12. The highest BCUT2D eigenvalue weighted by Gasteiger charge is 2.17. The molecule has 6 heteroatoms. The second-order valence-corrected chi connectivity index (χ2v) is 8.01. The van der Waals surface area contributed by atoms with Gasteiger partial charge in [0.1, 0.15) is 5.75 Å². The van der Waals surface area contributed by atoms with Crippen molar-refractivity contribution in [2.24, 2.45) is 0 Å². The number of halogens is 1. The summed E-state index contributed by atoms with van der Waals surface area (Å²) in [6.45, 7) is 5.04. The minimum Gasteiger partial charge on any atom is -0.495 e. The number of hydrogen-bond acceptors (Lipinski definition) is 4. The first-order chi connectivity index (χ1) is 15.1. The van der Waals surface area contributed by atoms with Gasteiger partial charge in [0, 0.05) is 49.7 Å². The van der Waals surface area contributed by atoms with E-state index in [-0.39, 0.29) is 5.91 Å². The Balaban J connectivity index is 1.31. The van der Waals surface area contributed by atoms with Gasteiger partial charge < -0.3 is 15.0 Å². The highest BCUT2D eigenvalue weighted by molar-refractivity contribution is 6.32. The zero-order chi connectivity index (χ0) is 21.6. The van der Waals surface area contributed by atoms with E-state index in [4.69, 9.17) is 16.3 Å². The molecule has 1 fully saturated rings. The molecule has 0 aromatic heterocycles. The first-order valence-corrected chi connectivity index (χ1v) is 10.8. The zero-order valence-corrected chi connectivity index (χ0v) is 18.3.